The van der Waals surface area contributed by atoms with Gasteiger partial charge in [0.05, 0.1) is 5.69 Å². The molecule has 3 nitrogen and oxygen atoms in total. The van der Waals surface area contributed by atoms with Gasteiger partial charge in [0.1, 0.15) is 5.82 Å². The molecule has 1 aliphatic rings. The SMILES string of the molecule is Cn1ccc2c1NCCN2. The molecule has 1 aromatic heterocycles. The minimum absolute atomic E-state index is 1.02. The molecular formula is C7H11N3. The van der Waals surface area contributed by atoms with E-state index >= 15 is 0 Å². The van der Waals surface area contributed by atoms with Gasteiger partial charge in [-0.2, -0.15) is 0 Å². The summed E-state index contributed by atoms with van der Waals surface area (Å²) >= 11 is 0. The Morgan fingerprint density at radius 3 is 3.00 bits per heavy atom. The van der Waals surface area contributed by atoms with Crippen molar-refractivity contribution >= 4 is 11.5 Å². The first kappa shape index (κ1) is 5.65. The van der Waals surface area contributed by atoms with Crippen molar-refractivity contribution < 1.29 is 0 Å². The molecule has 0 atom stereocenters. The number of fused-ring (bicyclic) bond motifs is 1. The van der Waals surface area contributed by atoms with Crippen LogP contribution >= 0.6 is 0 Å². The summed E-state index contributed by atoms with van der Waals surface area (Å²) in [6.07, 6.45) is 2.05. The lowest BCUT2D eigenvalue weighted by Crippen LogP contribution is -2.20. The molecule has 2 heterocycles. The van der Waals surface area contributed by atoms with Crippen molar-refractivity contribution in [3.05, 3.63) is 12.3 Å². The first-order valence-electron chi connectivity index (χ1n) is 3.51. The summed E-state index contributed by atoms with van der Waals surface area (Å²) in [5.74, 6) is 1.20. The number of hydrogen-bond acceptors (Lipinski definition) is 2. The van der Waals surface area contributed by atoms with Crippen LogP contribution in [0.3, 0.4) is 0 Å². The average Bonchev–Trinajstić information content (AvgIpc) is 2.34. The summed E-state index contributed by atoms with van der Waals surface area (Å²) in [6.45, 7) is 2.04. The molecule has 0 saturated heterocycles. The fourth-order valence-electron chi connectivity index (χ4n) is 1.27. The third-order valence-electron chi connectivity index (χ3n) is 1.81. The Bertz CT molecular complexity index is 239. The van der Waals surface area contributed by atoms with Crippen LogP contribution in [0.5, 0.6) is 0 Å². The van der Waals surface area contributed by atoms with Crippen LogP contribution in [0.25, 0.3) is 0 Å². The van der Waals surface area contributed by atoms with E-state index in [4.69, 9.17) is 0 Å². The molecule has 0 aromatic carbocycles. The van der Waals surface area contributed by atoms with Gasteiger partial charge in [0.25, 0.3) is 0 Å². The number of nitrogens with one attached hydrogen (secondary N) is 2. The van der Waals surface area contributed by atoms with Crippen LogP contribution in [0, 0.1) is 0 Å². The Kier molecular flexibility index (Phi) is 1.09. The molecule has 1 aliphatic heterocycles. The second-order valence-electron chi connectivity index (χ2n) is 2.54. The zero-order valence-corrected chi connectivity index (χ0v) is 6.02. The highest BCUT2D eigenvalue weighted by Gasteiger charge is 2.08. The fraction of sp³-hybridized carbons (Fsp3) is 0.429. The number of rotatable bonds is 0. The van der Waals surface area contributed by atoms with Crippen LogP contribution in [-0.2, 0) is 7.05 Å². The van der Waals surface area contributed by atoms with Crippen LogP contribution in [0.15, 0.2) is 12.3 Å². The Morgan fingerprint density at radius 2 is 2.20 bits per heavy atom. The zero-order valence-electron chi connectivity index (χ0n) is 6.02. The van der Waals surface area contributed by atoms with Gasteiger partial charge in [0.15, 0.2) is 0 Å². The molecule has 0 amide bonds. The lowest BCUT2D eigenvalue weighted by Gasteiger charge is -2.17. The predicted octanol–water partition coefficient (Wildman–Crippen LogP) is 0.862. The molecule has 10 heavy (non-hydrogen) atoms. The van der Waals surface area contributed by atoms with E-state index in [0.29, 0.717) is 0 Å². The van der Waals surface area contributed by atoms with Crippen molar-refractivity contribution in [2.45, 2.75) is 0 Å². The minimum atomic E-state index is 1.02. The number of aromatic nitrogens is 1. The Hall–Kier alpha value is -1.12. The first-order valence-corrected chi connectivity index (χ1v) is 3.51. The number of anilines is 2. The smallest absolute Gasteiger partial charge is 0.129 e. The average molecular weight is 137 g/mol. The van der Waals surface area contributed by atoms with Crippen LogP contribution in [-0.4, -0.2) is 17.7 Å². The topological polar surface area (TPSA) is 29.0 Å². The molecule has 0 unspecified atom stereocenters. The molecule has 0 radical (unpaired) electrons. The fourth-order valence-corrected chi connectivity index (χ4v) is 1.27. The molecule has 0 bridgehead atoms. The third kappa shape index (κ3) is 0.667. The van der Waals surface area contributed by atoms with Crippen molar-refractivity contribution in [1.29, 1.82) is 0 Å². The minimum Gasteiger partial charge on any atom is -0.380 e. The molecular weight excluding hydrogens is 126 g/mol. The lowest BCUT2D eigenvalue weighted by molar-refractivity contribution is 0.902. The molecule has 0 aliphatic carbocycles. The summed E-state index contributed by atoms with van der Waals surface area (Å²) in [4.78, 5) is 0. The summed E-state index contributed by atoms with van der Waals surface area (Å²) in [5.41, 5.74) is 1.22. The van der Waals surface area contributed by atoms with Crippen LogP contribution in [0.1, 0.15) is 0 Å². The van der Waals surface area contributed by atoms with Crippen LogP contribution in [0.4, 0.5) is 11.5 Å². The second-order valence-corrected chi connectivity index (χ2v) is 2.54. The van der Waals surface area contributed by atoms with Gasteiger partial charge >= 0.3 is 0 Å². The van der Waals surface area contributed by atoms with Gasteiger partial charge in [-0.3, -0.25) is 0 Å². The summed E-state index contributed by atoms with van der Waals surface area (Å²) in [7, 11) is 2.04. The van der Waals surface area contributed by atoms with Gasteiger partial charge in [0.2, 0.25) is 0 Å². The van der Waals surface area contributed by atoms with E-state index in [1.165, 1.54) is 11.5 Å². The Balaban J connectivity index is 2.45. The highest BCUT2D eigenvalue weighted by molar-refractivity contribution is 5.67. The van der Waals surface area contributed by atoms with Gasteiger partial charge in [-0.25, -0.2) is 0 Å². The predicted molar refractivity (Wildman–Crippen MR) is 42.4 cm³/mol. The van der Waals surface area contributed by atoms with Crippen molar-refractivity contribution in [3.63, 3.8) is 0 Å². The third-order valence-corrected chi connectivity index (χ3v) is 1.81. The maximum Gasteiger partial charge on any atom is 0.129 e. The summed E-state index contributed by atoms with van der Waals surface area (Å²) in [6, 6.07) is 2.08. The second kappa shape index (κ2) is 1.94. The summed E-state index contributed by atoms with van der Waals surface area (Å²) in [5, 5.41) is 6.61. The van der Waals surface area contributed by atoms with E-state index in [1.807, 2.05) is 7.05 Å². The largest absolute Gasteiger partial charge is 0.380 e. The highest BCUT2D eigenvalue weighted by atomic mass is 15.2. The maximum atomic E-state index is 3.31. The molecule has 2 N–H and O–H groups in total. The van der Waals surface area contributed by atoms with Crippen LogP contribution in [0.2, 0.25) is 0 Å². The number of aryl methyl sites for hydroxylation is 1. The molecule has 0 fully saturated rings. The monoisotopic (exact) mass is 137 g/mol. The molecule has 0 saturated carbocycles. The van der Waals surface area contributed by atoms with Gasteiger partial charge in [-0.05, 0) is 6.07 Å². The van der Waals surface area contributed by atoms with Crippen molar-refractivity contribution in [3.8, 4) is 0 Å². The van der Waals surface area contributed by atoms with Gasteiger partial charge in [0, 0.05) is 26.3 Å². The first-order chi connectivity index (χ1) is 4.88. The maximum absolute atomic E-state index is 3.31. The molecule has 2 rings (SSSR count). The van der Waals surface area contributed by atoms with Gasteiger partial charge in [-0.1, -0.05) is 0 Å². The quantitative estimate of drug-likeness (QED) is 0.555. The van der Waals surface area contributed by atoms with E-state index in [1.54, 1.807) is 0 Å². The number of hydrogen-bond donors (Lipinski definition) is 2. The summed E-state index contributed by atoms with van der Waals surface area (Å²) < 4.78 is 2.08. The van der Waals surface area contributed by atoms with E-state index in [9.17, 15) is 0 Å². The van der Waals surface area contributed by atoms with Crippen molar-refractivity contribution in [1.82, 2.24) is 4.57 Å². The van der Waals surface area contributed by atoms with Crippen molar-refractivity contribution in [2.75, 3.05) is 23.7 Å². The molecule has 3 heteroatoms. The van der Waals surface area contributed by atoms with Crippen molar-refractivity contribution in [2.24, 2.45) is 7.05 Å². The normalized spacial score (nSPS) is 15.3. The van der Waals surface area contributed by atoms with Crippen LogP contribution < -0.4 is 10.6 Å². The molecule has 0 spiro atoms. The van der Waals surface area contributed by atoms with E-state index in [2.05, 4.69) is 27.5 Å². The van der Waals surface area contributed by atoms with E-state index < -0.39 is 0 Å². The zero-order chi connectivity index (χ0) is 6.97. The standard InChI is InChI=1S/C7H11N3/c1-10-5-2-6-7(10)9-4-3-8-6/h2,5,8-9H,3-4H2,1H3. The van der Waals surface area contributed by atoms with E-state index in [-0.39, 0.29) is 0 Å². The highest BCUT2D eigenvalue weighted by Crippen LogP contribution is 2.23. The number of nitrogens with zero attached hydrogens (tertiary/aromatic N) is 1. The van der Waals surface area contributed by atoms with Gasteiger partial charge in [-0.15, -0.1) is 0 Å². The van der Waals surface area contributed by atoms with E-state index in [0.717, 1.165) is 13.1 Å². The Morgan fingerprint density at radius 1 is 1.40 bits per heavy atom. The van der Waals surface area contributed by atoms with Gasteiger partial charge < -0.3 is 15.2 Å². The lowest BCUT2D eigenvalue weighted by atomic mass is 10.4. The Labute approximate surface area is 60.0 Å². The molecule has 1 aromatic rings. The molecule has 54 valence electrons.